The molecule has 304 valence electrons. The second-order valence-corrected chi connectivity index (χ2v) is 10.4. The van der Waals surface area contributed by atoms with Crippen LogP contribution in [0.4, 0.5) is 0 Å². The van der Waals surface area contributed by atoms with Crippen molar-refractivity contribution in [3.05, 3.63) is 0 Å². The molecule has 0 aromatic carbocycles. The summed E-state index contributed by atoms with van der Waals surface area (Å²) in [6, 6.07) is 0. The molecule has 0 spiro atoms. The van der Waals surface area contributed by atoms with Crippen LogP contribution in [-0.2, 0) is 57.3 Å². The molecule has 0 radical (unpaired) electrons. The fraction of sp³-hybridized carbons (Fsp3) is 0.714. The summed E-state index contributed by atoms with van der Waals surface area (Å²) >= 11 is 0. The molecule has 0 aliphatic carbocycles. The molecular weight excluding hydrogens is 752 g/mol. The van der Waals surface area contributed by atoms with E-state index in [1.165, 1.54) is 19.6 Å². The average molecular weight is 803 g/mol. The summed E-state index contributed by atoms with van der Waals surface area (Å²) in [5.41, 5.74) is 0. The maximum absolute atomic E-state index is 10.6. The topological polar surface area (TPSA) is 348 Å². The number of rotatable bonds is 34. The molecule has 0 saturated carbocycles. The Hall–Kier alpha value is -3.30. The molecule has 24 nitrogen and oxygen atoms in total. The van der Waals surface area contributed by atoms with Crippen molar-refractivity contribution in [2.45, 2.75) is 0 Å². The Labute approximate surface area is 333 Å². The first-order valence-electron chi connectivity index (χ1n) is 15.4. The van der Waals surface area contributed by atoms with E-state index < -0.39 is 100 Å². The van der Waals surface area contributed by atoms with Gasteiger partial charge in [0.2, 0.25) is 0 Å². The number of carboxylic acids is 8. The molecule has 0 aliphatic rings. The molecule has 0 amide bonds. The second-order valence-electron chi connectivity index (χ2n) is 10.4. The third kappa shape index (κ3) is 41.3. The summed E-state index contributed by atoms with van der Waals surface area (Å²) in [5, 5.41) is 69.4. The fourth-order valence-corrected chi connectivity index (χ4v) is 3.80. The molecule has 0 aliphatic heterocycles. The van der Waals surface area contributed by atoms with E-state index in [1.807, 2.05) is 0 Å². The number of hydrogen-bond donors (Lipinski definition) is 8. The first-order valence-corrected chi connectivity index (χ1v) is 15.4. The summed E-state index contributed by atoms with van der Waals surface area (Å²) in [7, 11) is 0. The van der Waals surface area contributed by atoms with Crippen LogP contribution in [0, 0.1) is 0 Å². The fourth-order valence-electron chi connectivity index (χ4n) is 3.80. The van der Waals surface area contributed by atoms with Gasteiger partial charge in [0.15, 0.2) is 0 Å². The zero-order valence-electron chi connectivity index (χ0n) is 28.4. The van der Waals surface area contributed by atoms with E-state index in [9.17, 15) is 38.4 Å². The van der Waals surface area contributed by atoms with Gasteiger partial charge in [-0.15, -0.1) is 0 Å². The van der Waals surface area contributed by atoms with Gasteiger partial charge in [-0.05, 0) is 0 Å². The van der Waals surface area contributed by atoms with E-state index in [2.05, 4.69) is 0 Å². The van der Waals surface area contributed by atoms with Crippen molar-refractivity contribution in [1.82, 2.24) is 19.6 Å². The Bertz CT molecular complexity index is 884. The second kappa shape index (κ2) is 34.5. The SMILES string of the molecule is O=C(O)CN(CCOCCOCCN(CC(=O)O)CC(=O)O)CC(=O)O.O=C(O)CN(CCOCCOCCN(CC(=O)O)CC(=O)O)CC(=O)O.[CaH2]. The molecule has 25 heteroatoms. The molecule has 0 atom stereocenters. The number of nitrogens with zero attached hydrogens (tertiary/aromatic N) is 4. The van der Waals surface area contributed by atoms with Gasteiger partial charge in [0.05, 0.1) is 105 Å². The molecule has 0 aromatic rings. The number of carbonyl (C=O) groups is 8. The van der Waals surface area contributed by atoms with Gasteiger partial charge in [-0.25, -0.2) is 0 Å². The van der Waals surface area contributed by atoms with Crippen molar-refractivity contribution in [3.63, 3.8) is 0 Å². The van der Waals surface area contributed by atoms with E-state index in [0.29, 0.717) is 0 Å². The normalized spacial score (nSPS) is 10.8. The third-order valence-corrected chi connectivity index (χ3v) is 5.82. The standard InChI is InChI=1S/2C14H24N2O10.Ca.2H/c2*17-11(18)7-15(8-12(19)20)1-3-25-5-6-26-4-2-16(9-13(21)22)10-14(23)24;;;/h2*1-10H2,(H,17,18)(H,19,20)(H,21,22)(H,23,24);;;. The van der Waals surface area contributed by atoms with Crippen LogP contribution in [0.1, 0.15) is 0 Å². The minimum absolute atomic E-state index is 0. The van der Waals surface area contributed by atoms with Crippen LogP contribution in [-0.4, -0.2) is 277 Å². The average Bonchev–Trinajstić information content (AvgIpc) is 2.97. The van der Waals surface area contributed by atoms with E-state index in [4.69, 9.17) is 59.8 Å². The molecule has 0 rings (SSSR count). The summed E-state index contributed by atoms with van der Waals surface area (Å²) in [6.45, 7) is -1.58. The molecule has 0 aromatic heterocycles. The number of hydrogen-bond acceptors (Lipinski definition) is 16. The van der Waals surface area contributed by atoms with Gasteiger partial charge in [-0.2, -0.15) is 0 Å². The van der Waals surface area contributed by atoms with Crippen molar-refractivity contribution >= 4 is 85.5 Å². The minimum atomic E-state index is -1.14. The van der Waals surface area contributed by atoms with Crippen molar-refractivity contribution in [3.8, 4) is 0 Å². The van der Waals surface area contributed by atoms with Crippen LogP contribution in [0.25, 0.3) is 0 Å². The first kappa shape index (κ1) is 54.0. The number of aliphatic carboxylic acids is 8. The van der Waals surface area contributed by atoms with Crippen LogP contribution in [0.3, 0.4) is 0 Å². The number of ether oxygens (including phenoxy) is 4. The molecule has 8 N–H and O–H groups in total. The van der Waals surface area contributed by atoms with Gasteiger partial charge in [0.25, 0.3) is 0 Å². The third-order valence-electron chi connectivity index (χ3n) is 5.82. The van der Waals surface area contributed by atoms with Crippen LogP contribution in [0.5, 0.6) is 0 Å². The van der Waals surface area contributed by atoms with Gasteiger partial charge in [-0.1, -0.05) is 0 Å². The quantitative estimate of drug-likeness (QED) is 0.0223. The summed E-state index contributed by atoms with van der Waals surface area (Å²) in [5.74, 6) is -9.10. The predicted molar refractivity (Wildman–Crippen MR) is 179 cm³/mol. The van der Waals surface area contributed by atoms with Gasteiger partial charge in [0, 0.05) is 26.2 Å². The zero-order valence-corrected chi connectivity index (χ0v) is 28.4. The van der Waals surface area contributed by atoms with Crippen molar-refractivity contribution in [2.75, 3.05) is 131 Å². The van der Waals surface area contributed by atoms with Gasteiger partial charge >= 0.3 is 85.5 Å². The molecule has 0 saturated heterocycles. The number of carboxylic acid groups (broad SMARTS) is 8. The van der Waals surface area contributed by atoms with Crippen LogP contribution < -0.4 is 0 Å². The first-order chi connectivity index (χ1) is 24.4. The molecule has 0 bridgehead atoms. The Morgan fingerprint density at radius 3 is 0.528 bits per heavy atom. The Morgan fingerprint density at radius 2 is 0.415 bits per heavy atom. The molecule has 0 heterocycles. The van der Waals surface area contributed by atoms with Gasteiger partial charge in [0.1, 0.15) is 0 Å². The van der Waals surface area contributed by atoms with Gasteiger partial charge < -0.3 is 59.8 Å². The van der Waals surface area contributed by atoms with Crippen LogP contribution in [0.2, 0.25) is 0 Å². The van der Waals surface area contributed by atoms with E-state index >= 15 is 0 Å². The monoisotopic (exact) mass is 802 g/mol. The van der Waals surface area contributed by atoms with E-state index in [1.54, 1.807) is 0 Å². The Balaban J connectivity index is -0.000000926. The summed E-state index contributed by atoms with van der Waals surface area (Å²) in [4.78, 5) is 89.8. The van der Waals surface area contributed by atoms with Crippen molar-refractivity contribution in [1.29, 1.82) is 0 Å². The summed E-state index contributed by atoms with van der Waals surface area (Å²) in [6.07, 6.45) is 0. The Kier molecular flexibility index (Phi) is 35.1. The molecule has 0 unspecified atom stereocenters. The van der Waals surface area contributed by atoms with Gasteiger partial charge in [-0.3, -0.25) is 58.0 Å². The van der Waals surface area contributed by atoms with Crippen LogP contribution in [0.15, 0.2) is 0 Å². The van der Waals surface area contributed by atoms with Crippen molar-refractivity contribution in [2.24, 2.45) is 0 Å². The Morgan fingerprint density at radius 1 is 0.283 bits per heavy atom. The maximum atomic E-state index is 10.6. The van der Waals surface area contributed by atoms with Crippen LogP contribution >= 0.6 is 0 Å². The molecular formula is C28H50CaN4O20. The van der Waals surface area contributed by atoms with E-state index in [-0.39, 0.29) is 117 Å². The van der Waals surface area contributed by atoms with E-state index in [0.717, 1.165) is 0 Å². The van der Waals surface area contributed by atoms with Crippen molar-refractivity contribution < 1.29 is 98.2 Å². The molecule has 0 fully saturated rings. The predicted octanol–water partition coefficient (Wildman–Crippen LogP) is -4.99. The molecule has 53 heavy (non-hydrogen) atoms. The zero-order chi connectivity index (χ0) is 39.9. The summed E-state index contributed by atoms with van der Waals surface area (Å²) < 4.78 is 20.8.